The molecular weight excluding hydrogens is 347 g/mol. The predicted octanol–water partition coefficient (Wildman–Crippen LogP) is 4.82. The van der Waals surface area contributed by atoms with Gasteiger partial charge in [0.25, 0.3) is 0 Å². The minimum atomic E-state index is -0.380. The summed E-state index contributed by atoms with van der Waals surface area (Å²) in [5.41, 5.74) is 1.61. The van der Waals surface area contributed by atoms with Crippen molar-refractivity contribution in [2.24, 2.45) is 0 Å². The monoisotopic (exact) mass is 358 g/mol. The molecule has 0 saturated heterocycles. The zero-order valence-corrected chi connectivity index (χ0v) is 13.3. The van der Waals surface area contributed by atoms with Crippen molar-refractivity contribution in [1.29, 1.82) is 0 Å². The molecule has 0 amide bonds. The second kappa shape index (κ2) is 6.41. The Morgan fingerprint density at radius 2 is 2.15 bits per heavy atom. The molecule has 106 valence electrons. The van der Waals surface area contributed by atoms with Gasteiger partial charge in [-0.1, -0.05) is 17.7 Å². The summed E-state index contributed by atoms with van der Waals surface area (Å²) in [5.74, 6) is -0.147. The number of hydrogen-bond acceptors (Lipinski definition) is 3. The molecule has 0 fully saturated rings. The van der Waals surface area contributed by atoms with Crippen molar-refractivity contribution < 1.29 is 9.13 Å². The van der Waals surface area contributed by atoms with Crippen LogP contribution in [0.3, 0.4) is 0 Å². The molecule has 1 atom stereocenters. The number of halogens is 3. The Hall–Kier alpha value is -1.33. The van der Waals surface area contributed by atoms with Gasteiger partial charge < -0.3 is 10.1 Å². The van der Waals surface area contributed by atoms with Crippen LogP contribution in [-0.2, 0) is 0 Å². The number of benzene rings is 1. The number of rotatable bonds is 4. The Kier molecular flexibility index (Phi) is 4.83. The summed E-state index contributed by atoms with van der Waals surface area (Å²) in [7, 11) is 1.44. The molecule has 0 aliphatic heterocycles. The number of nitrogens with one attached hydrogen (secondary N) is 1. The first kappa shape index (κ1) is 15.1. The van der Waals surface area contributed by atoms with Gasteiger partial charge in [-0.25, -0.2) is 9.37 Å². The average molecular weight is 360 g/mol. The molecule has 1 aromatic carbocycles. The smallest absolute Gasteiger partial charge is 0.165 e. The third-order valence-corrected chi connectivity index (χ3v) is 3.99. The van der Waals surface area contributed by atoms with Gasteiger partial charge in [-0.3, -0.25) is 0 Å². The fraction of sp³-hybridized carbons (Fsp3) is 0.214. The van der Waals surface area contributed by atoms with Gasteiger partial charge in [0.2, 0.25) is 0 Å². The lowest BCUT2D eigenvalue weighted by Crippen LogP contribution is -2.07. The van der Waals surface area contributed by atoms with E-state index >= 15 is 0 Å². The van der Waals surface area contributed by atoms with Crippen molar-refractivity contribution in [2.45, 2.75) is 13.0 Å². The molecule has 2 aromatic rings. The molecular formula is C14H13BrClFN2O. The molecule has 0 radical (unpaired) electrons. The van der Waals surface area contributed by atoms with E-state index < -0.39 is 0 Å². The second-order valence-corrected chi connectivity index (χ2v) is 5.47. The first-order valence-corrected chi connectivity index (χ1v) is 7.09. The summed E-state index contributed by atoms with van der Waals surface area (Å²) in [4.78, 5) is 4.03. The maximum atomic E-state index is 13.7. The van der Waals surface area contributed by atoms with Gasteiger partial charge in [-0.2, -0.15) is 0 Å². The third-order valence-electron chi connectivity index (χ3n) is 2.86. The highest BCUT2D eigenvalue weighted by Gasteiger charge is 2.10. The largest absolute Gasteiger partial charge is 0.494 e. The van der Waals surface area contributed by atoms with Crippen LogP contribution in [0.15, 0.2) is 34.9 Å². The van der Waals surface area contributed by atoms with Crippen molar-refractivity contribution >= 4 is 33.2 Å². The van der Waals surface area contributed by atoms with Crippen LogP contribution in [0.25, 0.3) is 0 Å². The molecule has 0 saturated carbocycles. The fourth-order valence-electron chi connectivity index (χ4n) is 1.79. The maximum Gasteiger partial charge on any atom is 0.165 e. The van der Waals surface area contributed by atoms with E-state index in [0.717, 1.165) is 11.3 Å². The van der Waals surface area contributed by atoms with Crippen molar-refractivity contribution in [3.05, 3.63) is 51.5 Å². The van der Waals surface area contributed by atoms with Crippen LogP contribution >= 0.6 is 27.5 Å². The second-order valence-electron chi connectivity index (χ2n) is 4.26. The first-order chi connectivity index (χ1) is 9.51. The molecule has 20 heavy (non-hydrogen) atoms. The molecule has 3 nitrogen and oxygen atoms in total. The summed E-state index contributed by atoms with van der Waals surface area (Å²) in [6.07, 6.45) is 1.63. The molecule has 0 aliphatic rings. The lowest BCUT2D eigenvalue weighted by atomic mass is 10.1. The van der Waals surface area contributed by atoms with Gasteiger partial charge in [0, 0.05) is 6.04 Å². The normalized spacial score (nSPS) is 12.1. The van der Waals surface area contributed by atoms with Crippen LogP contribution < -0.4 is 10.1 Å². The van der Waals surface area contributed by atoms with Gasteiger partial charge in [0.15, 0.2) is 11.6 Å². The van der Waals surface area contributed by atoms with E-state index in [-0.39, 0.29) is 17.6 Å². The Bertz CT molecular complexity index is 624. The standard InChI is InChI=1S/C14H13BrClFN2O/c1-8(9-3-4-13(20-2)12(17)5-9)19-10-6-11(15)14(16)18-7-10/h3-8,19H,1-2H3. The Morgan fingerprint density at radius 3 is 2.75 bits per heavy atom. The minimum absolute atomic E-state index is 0.0784. The van der Waals surface area contributed by atoms with Crippen molar-refractivity contribution in [3.8, 4) is 5.75 Å². The summed E-state index contributed by atoms with van der Waals surface area (Å²) in [6, 6.07) is 6.63. The molecule has 1 aromatic heterocycles. The third kappa shape index (κ3) is 3.41. The molecule has 0 spiro atoms. The molecule has 2 rings (SSSR count). The van der Waals surface area contributed by atoms with E-state index in [1.807, 2.05) is 19.1 Å². The number of ether oxygens (including phenoxy) is 1. The van der Waals surface area contributed by atoms with Crippen molar-refractivity contribution in [2.75, 3.05) is 12.4 Å². The number of methoxy groups -OCH3 is 1. The number of anilines is 1. The van der Waals surface area contributed by atoms with E-state index in [0.29, 0.717) is 9.63 Å². The minimum Gasteiger partial charge on any atom is -0.494 e. The van der Waals surface area contributed by atoms with Crippen LogP contribution in [0.1, 0.15) is 18.5 Å². The number of nitrogens with zero attached hydrogens (tertiary/aromatic N) is 1. The number of hydrogen-bond donors (Lipinski definition) is 1. The molecule has 0 aliphatic carbocycles. The van der Waals surface area contributed by atoms with Crippen LogP contribution in [-0.4, -0.2) is 12.1 Å². The van der Waals surface area contributed by atoms with E-state index in [9.17, 15) is 4.39 Å². The highest BCUT2D eigenvalue weighted by Crippen LogP contribution is 2.27. The Balaban J connectivity index is 2.17. The van der Waals surface area contributed by atoms with Crippen molar-refractivity contribution in [3.63, 3.8) is 0 Å². The summed E-state index contributed by atoms with van der Waals surface area (Å²) in [5, 5.41) is 3.63. The number of aromatic nitrogens is 1. The first-order valence-electron chi connectivity index (χ1n) is 5.92. The SMILES string of the molecule is COc1ccc(C(C)Nc2cnc(Cl)c(Br)c2)cc1F. The van der Waals surface area contributed by atoms with Gasteiger partial charge in [-0.05, 0) is 46.6 Å². The predicted molar refractivity (Wildman–Crippen MR) is 81.9 cm³/mol. The molecule has 6 heteroatoms. The van der Waals surface area contributed by atoms with E-state index in [1.54, 1.807) is 12.3 Å². The fourth-order valence-corrected chi connectivity index (χ4v) is 2.24. The summed E-state index contributed by atoms with van der Waals surface area (Å²) in [6.45, 7) is 1.93. The van der Waals surface area contributed by atoms with Gasteiger partial charge in [0.05, 0.1) is 23.5 Å². The van der Waals surface area contributed by atoms with E-state index in [1.165, 1.54) is 13.2 Å². The van der Waals surface area contributed by atoms with Crippen LogP contribution in [0.5, 0.6) is 5.75 Å². The van der Waals surface area contributed by atoms with Crippen LogP contribution in [0.2, 0.25) is 5.15 Å². The quantitative estimate of drug-likeness (QED) is 0.795. The van der Waals surface area contributed by atoms with Gasteiger partial charge in [0.1, 0.15) is 5.15 Å². The van der Waals surface area contributed by atoms with E-state index in [4.69, 9.17) is 16.3 Å². The molecule has 1 heterocycles. The zero-order valence-electron chi connectivity index (χ0n) is 11.0. The average Bonchev–Trinajstić information content (AvgIpc) is 2.42. The van der Waals surface area contributed by atoms with Crippen LogP contribution in [0, 0.1) is 5.82 Å². The molecule has 1 unspecified atom stereocenters. The summed E-state index contributed by atoms with van der Waals surface area (Å²) >= 11 is 9.15. The molecule has 0 bridgehead atoms. The summed E-state index contributed by atoms with van der Waals surface area (Å²) < 4.78 is 19.3. The Labute approximate surface area is 130 Å². The zero-order chi connectivity index (χ0) is 14.7. The maximum absolute atomic E-state index is 13.7. The van der Waals surface area contributed by atoms with Gasteiger partial charge >= 0.3 is 0 Å². The lowest BCUT2D eigenvalue weighted by Gasteiger charge is -2.16. The van der Waals surface area contributed by atoms with Crippen molar-refractivity contribution in [1.82, 2.24) is 4.98 Å². The topological polar surface area (TPSA) is 34.1 Å². The Morgan fingerprint density at radius 1 is 1.40 bits per heavy atom. The molecule has 1 N–H and O–H groups in total. The highest BCUT2D eigenvalue weighted by molar-refractivity contribution is 9.10. The van der Waals surface area contributed by atoms with Crippen LogP contribution in [0.4, 0.5) is 10.1 Å². The van der Waals surface area contributed by atoms with E-state index in [2.05, 4.69) is 26.2 Å². The number of pyridine rings is 1. The lowest BCUT2D eigenvalue weighted by molar-refractivity contribution is 0.386. The van der Waals surface area contributed by atoms with Gasteiger partial charge in [-0.15, -0.1) is 0 Å². The highest BCUT2D eigenvalue weighted by atomic mass is 79.9.